The number of hydrogen-bond donors (Lipinski definition) is 1. The van der Waals surface area contributed by atoms with Crippen LogP contribution in [0.2, 0.25) is 0 Å². The summed E-state index contributed by atoms with van der Waals surface area (Å²) >= 11 is 0. The third-order valence-electron chi connectivity index (χ3n) is 3.75. The molecular formula is C17H25N. The maximum atomic E-state index is 3.86. The number of allylic oxidation sites excluding steroid dienone is 1. The zero-order valence-corrected chi connectivity index (χ0v) is 11.4. The lowest BCUT2D eigenvalue weighted by Gasteiger charge is -2.27. The summed E-state index contributed by atoms with van der Waals surface area (Å²) in [5.41, 5.74) is 1.44. The van der Waals surface area contributed by atoms with Crippen LogP contribution in [0.15, 0.2) is 42.5 Å². The molecule has 0 radical (unpaired) electrons. The van der Waals surface area contributed by atoms with E-state index in [1.165, 1.54) is 44.1 Å². The quantitative estimate of drug-likeness (QED) is 0.719. The predicted octanol–water partition coefficient (Wildman–Crippen LogP) is 4.62. The fraction of sp³-hybridized carbons (Fsp3) is 0.529. The Kier molecular flexibility index (Phi) is 5.47. The van der Waals surface area contributed by atoms with Crippen LogP contribution in [-0.4, -0.2) is 6.04 Å². The predicted molar refractivity (Wildman–Crippen MR) is 78.6 cm³/mol. The van der Waals surface area contributed by atoms with Crippen LogP contribution < -0.4 is 5.32 Å². The lowest BCUT2D eigenvalue weighted by Crippen LogP contribution is -2.33. The van der Waals surface area contributed by atoms with E-state index in [0.29, 0.717) is 12.1 Å². The summed E-state index contributed by atoms with van der Waals surface area (Å²) in [5.74, 6) is 0. The van der Waals surface area contributed by atoms with Crippen LogP contribution in [0.4, 0.5) is 0 Å². The molecule has 2 atom stereocenters. The number of unbranched alkanes of at least 4 members (excludes halogenated alkanes) is 1. The molecule has 0 fully saturated rings. The molecule has 2 unspecified atom stereocenters. The maximum absolute atomic E-state index is 3.86. The average Bonchev–Trinajstić information content (AvgIpc) is 2.45. The molecule has 1 nitrogen and oxygen atoms in total. The minimum absolute atomic E-state index is 0.530. The molecule has 0 heterocycles. The molecule has 1 aliphatic carbocycles. The summed E-state index contributed by atoms with van der Waals surface area (Å²) in [4.78, 5) is 0. The van der Waals surface area contributed by atoms with E-state index < -0.39 is 0 Å². The summed E-state index contributed by atoms with van der Waals surface area (Å²) in [7, 11) is 0. The molecule has 18 heavy (non-hydrogen) atoms. The summed E-state index contributed by atoms with van der Waals surface area (Å²) in [6, 6.07) is 12.1. The third kappa shape index (κ3) is 3.99. The summed E-state index contributed by atoms with van der Waals surface area (Å²) in [6.45, 7) is 2.27. The minimum atomic E-state index is 0.530. The van der Waals surface area contributed by atoms with E-state index in [1.807, 2.05) is 0 Å². The Balaban J connectivity index is 1.98. The molecule has 2 rings (SSSR count). The molecule has 1 aromatic rings. The van der Waals surface area contributed by atoms with Gasteiger partial charge in [-0.15, -0.1) is 0 Å². The van der Waals surface area contributed by atoms with Crippen LogP contribution in [-0.2, 0) is 0 Å². The molecule has 1 N–H and O–H groups in total. The van der Waals surface area contributed by atoms with E-state index in [-0.39, 0.29) is 0 Å². The van der Waals surface area contributed by atoms with Gasteiger partial charge in [0.05, 0.1) is 0 Å². The topological polar surface area (TPSA) is 12.0 Å². The third-order valence-corrected chi connectivity index (χ3v) is 3.75. The monoisotopic (exact) mass is 243 g/mol. The smallest absolute Gasteiger partial charge is 0.0322 e. The van der Waals surface area contributed by atoms with Crippen LogP contribution in [0, 0.1) is 0 Å². The Morgan fingerprint density at radius 3 is 2.72 bits per heavy atom. The van der Waals surface area contributed by atoms with E-state index in [9.17, 15) is 0 Å². The Morgan fingerprint density at radius 2 is 2.06 bits per heavy atom. The molecule has 1 aliphatic rings. The van der Waals surface area contributed by atoms with Crippen molar-refractivity contribution < 1.29 is 0 Å². The summed E-state index contributed by atoms with van der Waals surface area (Å²) in [6.07, 6.45) is 12.2. The highest BCUT2D eigenvalue weighted by molar-refractivity contribution is 5.19. The van der Waals surface area contributed by atoms with Gasteiger partial charge in [-0.25, -0.2) is 0 Å². The summed E-state index contributed by atoms with van der Waals surface area (Å²) in [5, 5.41) is 3.86. The molecule has 98 valence electrons. The first-order valence-corrected chi connectivity index (χ1v) is 7.36. The van der Waals surface area contributed by atoms with Crippen molar-refractivity contribution in [2.45, 2.75) is 57.5 Å². The standard InChI is InChI=1S/C17H25N/c1-2-3-14-17(15-10-6-4-7-11-15)18-16-12-8-5-9-13-16/h4-8,10-11,16-18H,2-3,9,12-14H2,1H3. The fourth-order valence-corrected chi connectivity index (χ4v) is 2.67. The molecule has 0 saturated heterocycles. The van der Waals surface area contributed by atoms with Gasteiger partial charge < -0.3 is 5.32 Å². The van der Waals surface area contributed by atoms with Crippen LogP contribution in [0.5, 0.6) is 0 Å². The van der Waals surface area contributed by atoms with Gasteiger partial charge >= 0.3 is 0 Å². The zero-order valence-electron chi connectivity index (χ0n) is 11.4. The number of benzene rings is 1. The van der Waals surface area contributed by atoms with Crippen molar-refractivity contribution in [3.63, 3.8) is 0 Å². The second-order valence-corrected chi connectivity index (χ2v) is 5.25. The van der Waals surface area contributed by atoms with Crippen molar-refractivity contribution in [2.75, 3.05) is 0 Å². The molecular weight excluding hydrogens is 218 g/mol. The van der Waals surface area contributed by atoms with E-state index in [0.717, 1.165) is 0 Å². The minimum Gasteiger partial charge on any atom is -0.307 e. The highest BCUT2D eigenvalue weighted by Gasteiger charge is 2.16. The van der Waals surface area contributed by atoms with E-state index >= 15 is 0 Å². The Morgan fingerprint density at radius 1 is 1.22 bits per heavy atom. The van der Waals surface area contributed by atoms with Crippen LogP contribution in [0.25, 0.3) is 0 Å². The van der Waals surface area contributed by atoms with Crippen molar-refractivity contribution in [1.82, 2.24) is 5.32 Å². The Labute approximate surface area is 111 Å². The van der Waals surface area contributed by atoms with Crippen LogP contribution >= 0.6 is 0 Å². The molecule has 1 aromatic carbocycles. The van der Waals surface area contributed by atoms with Gasteiger partial charge in [0.25, 0.3) is 0 Å². The van der Waals surface area contributed by atoms with Crippen LogP contribution in [0.3, 0.4) is 0 Å². The lowest BCUT2D eigenvalue weighted by molar-refractivity contribution is 0.387. The van der Waals surface area contributed by atoms with Gasteiger partial charge in [0.1, 0.15) is 0 Å². The Bertz CT molecular complexity index is 355. The normalized spacial score (nSPS) is 20.8. The fourth-order valence-electron chi connectivity index (χ4n) is 2.67. The molecule has 0 amide bonds. The van der Waals surface area contributed by atoms with Crippen molar-refractivity contribution in [3.8, 4) is 0 Å². The van der Waals surface area contributed by atoms with E-state index in [1.54, 1.807) is 0 Å². The molecule has 0 aliphatic heterocycles. The van der Waals surface area contributed by atoms with Gasteiger partial charge in [-0.1, -0.05) is 62.2 Å². The van der Waals surface area contributed by atoms with Gasteiger partial charge in [-0.3, -0.25) is 0 Å². The van der Waals surface area contributed by atoms with Crippen molar-refractivity contribution >= 4 is 0 Å². The molecule has 1 heteroatoms. The van der Waals surface area contributed by atoms with Gasteiger partial charge in [0, 0.05) is 12.1 Å². The van der Waals surface area contributed by atoms with Gasteiger partial charge in [-0.05, 0) is 31.2 Å². The largest absolute Gasteiger partial charge is 0.307 e. The Hall–Kier alpha value is -1.08. The van der Waals surface area contributed by atoms with E-state index in [4.69, 9.17) is 0 Å². The molecule has 0 aromatic heterocycles. The van der Waals surface area contributed by atoms with Crippen LogP contribution in [0.1, 0.15) is 57.1 Å². The molecule has 0 saturated carbocycles. The highest BCUT2D eigenvalue weighted by atomic mass is 14.9. The van der Waals surface area contributed by atoms with Crippen molar-refractivity contribution in [3.05, 3.63) is 48.0 Å². The SMILES string of the molecule is CCCCC(NC1CC=CCC1)c1ccccc1. The molecule has 0 bridgehead atoms. The second-order valence-electron chi connectivity index (χ2n) is 5.25. The first-order valence-electron chi connectivity index (χ1n) is 7.36. The lowest BCUT2D eigenvalue weighted by atomic mass is 9.96. The van der Waals surface area contributed by atoms with Crippen molar-refractivity contribution in [2.24, 2.45) is 0 Å². The highest BCUT2D eigenvalue weighted by Crippen LogP contribution is 2.22. The first kappa shape index (κ1) is 13.4. The van der Waals surface area contributed by atoms with Gasteiger partial charge in [-0.2, -0.15) is 0 Å². The number of rotatable bonds is 6. The van der Waals surface area contributed by atoms with Gasteiger partial charge in [0.15, 0.2) is 0 Å². The average molecular weight is 243 g/mol. The number of hydrogen-bond acceptors (Lipinski definition) is 1. The van der Waals surface area contributed by atoms with E-state index in [2.05, 4.69) is 54.7 Å². The first-order chi connectivity index (χ1) is 8.90. The second kappa shape index (κ2) is 7.38. The molecule has 0 spiro atoms. The maximum Gasteiger partial charge on any atom is 0.0322 e. The zero-order chi connectivity index (χ0) is 12.6. The number of nitrogens with one attached hydrogen (secondary N) is 1. The summed E-state index contributed by atoms with van der Waals surface area (Å²) < 4.78 is 0. The van der Waals surface area contributed by atoms with Gasteiger partial charge in [0.2, 0.25) is 0 Å². The van der Waals surface area contributed by atoms with Crippen molar-refractivity contribution in [1.29, 1.82) is 0 Å².